The van der Waals surface area contributed by atoms with Crippen LogP contribution in [0.3, 0.4) is 0 Å². The number of halogens is 3. The zero-order valence-corrected chi connectivity index (χ0v) is 12.9. The van der Waals surface area contributed by atoms with Crippen molar-refractivity contribution in [1.29, 1.82) is 0 Å². The van der Waals surface area contributed by atoms with E-state index >= 15 is 0 Å². The van der Waals surface area contributed by atoms with E-state index in [-0.39, 0.29) is 12.4 Å². The predicted octanol–water partition coefficient (Wildman–Crippen LogP) is 3.99. The quantitative estimate of drug-likeness (QED) is 0.816. The highest BCUT2D eigenvalue weighted by atomic mass is 19.4. The molecule has 1 fully saturated rings. The number of carbonyl (C=O) groups is 1. The summed E-state index contributed by atoms with van der Waals surface area (Å²) < 4.78 is 50.8. The van der Waals surface area contributed by atoms with Gasteiger partial charge in [-0.1, -0.05) is 18.2 Å². The molecule has 0 aliphatic carbocycles. The van der Waals surface area contributed by atoms with Crippen LogP contribution in [0.2, 0.25) is 0 Å². The summed E-state index contributed by atoms with van der Waals surface area (Å²) in [5.41, 5.74) is 0.726. The van der Waals surface area contributed by atoms with Gasteiger partial charge in [0.25, 0.3) is 0 Å². The number of rotatable bonds is 5. The molecule has 0 radical (unpaired) electrons. The Morgan fingerprint density at radius 3 is 2.32 bits per heavy atom. The van der Waals surface area contributed by atoms with E-state index in [2.05, 4.69) is 4.74 Å². The number of carbonyl (C=O) groups excluding carboxylic acids is 1. The SMILES string of the molecule is O=C1OC(COc2ccc(OC(F)(F)F)cc2)CN1c1ccccc1. The predicted molar refractivity (Wildman–Crippen MR) is 82.7 cm³/mol. The third-order valence-corrected chi connectivity index (χ3v) is 3.44. The molecule has 1 saturated heterocycles. The molecule has 1 aliphatic rings. The van der Waals surface area contributed by atoms with E-state index in [1.807, 2.05) is 18.2 Å². The normalized spacial score (nSPS) is 17.3. The van der Waals surface area contributed by atoms with Gasteiger partial charge in [0.15, 0.2) is 6.10 Å². The van der Waals surface area contributed by atoms with Crippen molar-refractivity contribution in [1.82, 2.24) is 0 Å². The fourth-order valence-corrected chi connectivity index (χ4v) is 2.35. The van der Waals surface area contributed by atoms with Gasteiger partial charge in [0.1, 0.15) is 18.1 Å². The molecule has 2 aromatic carbocycles. The standard InChI is InChI=1S/C17H14F3NO4/c18-17(19,20)25-14-8-6-13(7-9-14)23-11-15-10-21(16(22)24-15)12-4-2-1-3-5-12/h1-9,15H,10-11H2. The van der Waals surface area contributed by atoms with Crippen molar-refractivity contribution in [3.63, 3.8) is 0 Å². The number of cyclic esters (lactones) is 1. The zero-order chi connectivity index (χ0) is 17.9. The van der Waals surface area contributed by atoms with E-state index in [9.17, 15) is 18.0 Å². The maximum atomic E-state index is 12.1. The summed E-state index contributed by atoms with van der Waals surface area (Å²) >= 11 is 0. The van der Waals surface area contributed by atoms with Crippen LogP contribution < -0.4 is 14.4 Å². The number of hydrogen-bond donors (Lipinski definition) is 0. The molecule has 8 heteroatoms. The summed E-state index contributed by atoms with van der Waals surface area (Å²) in [4.78, 5) is 13.4. The summed E-state index contributed by atoms with van der Waals surface area (Å²) in [7, 11) is 0. The number of nitrogens with zero attached hydrogens (tertiary/aromatic N) is 1. The maximum Gasteiger partial charge on any atom is 0.573 e. The van der Waals surface area contributed by atoms with Crippen LogP contribution in [0.15, 0.2) is 54.6 Å². The van der Waals surface area contributed by atoms with Crippen LogP contribution in [0.4, 0.5) is 23.7 Å². The van der Waals surface area contributed by atoms with Crippen LogP contribution in [0, 0.1) is 0 Å². The minimum atomic E-state index is -4.73. The van der Waals surface area contributed by atoms with E-state index in [1.54, 1.807) is 12.1 Å². The van der Waals surface area contributed by atoms with Gasteiger partial charge in [-0.2, -0.15) is 0 Å². The van der Waals surface area contributed by atoms with Crippen molar-refractivity contribution < 1.29 is 32.2 Å². The van der Waals surface area contributed by atoms with Gasteiger partial charge in [0.05, 0.1) is 6.54 Å². The minimum Gasteiger partial charge on any atom is -0.490 e. The molecule has 1 unspecified atom stereocenters. The Kier molecular flexibility index (Phi) is 4.69. The van der Waals surface area contributed by atoms with E-state index in [1.165, 1.54) is 17.0 Å². The molecule has 3 rings (SSSR count). The molecule has 1 atom stereocenters. The molecule has 25 heavy (non-hydrogen) atoms. The van der Waals surface area contributed by atoms with Gasteiger partial charge in [-0.05, 0) is 36.4 Å². The summed E-state index contributed by atoms with van der Waals surface area (Å²) in [5, 5.41) is 0. The van der Waals surface area contributed by atoms with Gasteiger partial charge in [-0.3, -0.25) is 4.90 Å². The lowest BCUT2D eigenvalue weighted by Crippen LogP contribution is -2.26. The molecule has 1 heterocycles. The Labute approximate surface area is 141 Å². The molecule has 1 aliphatic heterocycles. The van der Waals surface area contributed by atoms with Gasteiger partial charge >= 0.3 is 12.5 Å². The van der Waals surface area contributed by atoms with Crippen LogP contribution in [0.1, 0.15) is 0 Å². The second kappa shape index (κ2) is 6.92. The first-order chi connectivity index (χ1) is 11.9. The topological polar surface area (TPSA) is 48.0 Å². The highest BCUT2D eigenvalue weighted by Crippen LogP contribution is 2.25. The molecule has 0 bridgehead atoms. The smallest absolute Gasteiger partial charge is 0.490 e. The van der Waals surface area contributed by atoms with Gasteiger partial charge < -0.3 is 14.2 Å². The second-order valence-electron chi connectivity index (χ2n) is 5.28. The highest BCUT2D eigenvalue weighted by molar-refractivity contribution is 5.89. The Balaban J connectivity index is 1.53. The van der Waals surface area contributed by atoms with Gasteiger partial charge in [0, 0.05) is 5.69 Å². The number of hydrogen-bond acceptors (Lipinski definition) is 4. The van der Waals surface area contributed by atoms with Crippen molar-refractivity contribution in [2.45, 2.75) is 12.5 Å². The molecular formula is C17H14F3NO4. The monoisotopic (exact) mass is 353 g/mol. The number of anilines is 1. The zero-order valence-electron chi connectivity index (χ0n) is 12.9. The first-order valence-electron chi connectivity index (χ1n) is 7.42. The number of ether oxygens (including phenoxy) is 3. The van der Waals surface area contributed by atoms with E-state index in [0.29, 0.717) is 12.3 Å². The van der Waals surface area contributed by atoms with Crippen molar-refractivity contribution in [3.8, 4) is 11.5 Å². The average molecular weight is 353 g/mol. The van der Waals surface area contributed by atoms with Gasteiger partial charge in [-0.15, -0.1) is 13.2 Å². The van der Waals surface area contributed by atoms with Crippen molar-refractivity contribution >= 4 is 11.8 Å². The molecule has 5 nitrogen and oxygen atoms in total. The van der Waals surface area contributed by atoms with Gasteiger partial charge in [-0.25, -0.2) is 4.79 Å². The molecule has 0 spiro atoms. The van der Waals surface area contributed by atoms with Crippen molar-refractivity contribution in [2.24, 2.45) is 0 Å². The second-order valence-corrected chi connectivity index (χ2v) is 5.28. The molecule has 1 amide bonds. The number of benzene rings is 2. The maximum absolute atomic E-state index is 12.1. The Hall–Kier alpha value is -2.90. The molecular weight excluding hydrogens is 339 g/mol. The molecule has 0 N–H and O–H groups in total. The van der Waals surface area contributed by atoms with Gasteiger partial charge in [0.2, 0.25) is 0 Å². The summed E-state index contributed by atoms with van der Waals surface area (Å²) in [6.45, 7) is 0.423. The average Bonchev–Trinajstić information content (AvgIpc) is 2.94. The Bertz CT molecular complexity index is 719. The summed E-state index contributed by atoms with van der Waals surface area (Å²) in [5.74, 6) is 0.0196. The lowest BCUT2D eigenvalue weighted by molar-refractivity contribution is -0.274. The third kappa shape index (κ3) is 4.56. The molecule has 132 valence electrons. The number of para-hydroxylation sites is 1. The third-order valence-electron chi connectivity index (χ3n) is 3.44. The number of alkyl halides is 3. The van der Waals surface area contributed by atoms with E-state index in [0.717, 1.165) is 17.8 Å². The van der Waals surface area contributed by atoms with Crippen LogP contribution in [0.25, 0.3) is 0 Å². The summed E-state index contributed by atoms with van der Waals surface area (Å²) in [6.07, 6.45) is -5.67. The summed E-state index contributed by atoms with van der Waals surface area (Å²) in [6, 6.07) is 14.1. The molecule has 2 aromatic rings. The first kappa shape index (κ1) is 16.9. The van der Waals surface area contributed by atoms with E-state index < -0.39 is 18.6 Å². The fraction of sp³-hybridized carbons (Fsp3) is 0.235. The lowest BCUT2D eigenvalue weighted by atomic mass is 10.3. The molecule has 0 aromatic heterocycles. The van der Waals surface area contributed by atoms with Crippen LogP contribution >= 0.6 is 0 Å². The Morgan fingerprint density at radius 1 is 1.04 bits per heavy atom. The van der Waals surface area contributed by atoms with Crippen LogP contribution in [0.5, 0.6) is 11.5 Å². The molecule has 0 saturated carbocycles. The van der Waals surface area contributed by atoms with E-state index in [4.69, 9.17) is 9.47 Å². The highest BCUT2D eigenvalue weighted by Gasteiger charge is 2.33. The number of amides is 1. The Morgan fingerprint density at radius 2 is 1.68 bits per heavy atom. The first-order valence-corrected chi connectivity index (χ1v) is 7.42. The lowest BCUT2D eigenvalue weighted by Gasteiger charge is -2.13. The van der Waals surface area contributed by atoms with Crippen LogP contribution in [-0.2, 0) is 4.74 Å². The largest absolute Gasteiger partial charge is 0.573 e. The fourth-order valence-electron chi connectivity index (χ4n) is 2.35. The van der Waals surface area contributed by atoms with Crippen LogP contribution in [-0.4, -0.2) is 31.7 Å². The minimum absolute atomic E-state index is 0.0918. The van der Waals surface area contributed by atoms with Crippen molar-refractivity contribution in [3.05, 3.63) is 54.6 Å². The van der Waals surface area contributed by atoms with Crippen molar-refractivity contribution in [2.75, 3.05) is 18.1 Å².